The zero-order chi connectivity index (χ0) is 25.5. The molecule has 4 aliphatic rings. The van der Waals surface area contributed by atoms with Crippen molar-refractivity contribution in [3.05, 3.63) is 41.6 Å². The lowest BCUT2D eigenvalue weighted by Gasteiger charge is -2.61. The summed E-state index contributed by atoms with van der Waals surface area (Å²) in [5.74, 6) is 2.61. The van der Waals surface area contributed by atoms with E-state index in [0.717, 1.165) is 12.5 Å². The largest absolute Gasteiger partial charge is 0.573 e. The molecule has 192 valence electrons. The number of nitriles is 1. The number of halogens is 3. The van der Waals surface area contributed by atoms with Crippen LogP contribution in [0.5, 0.6) is 5.75 Å². The molecule has 3 unspecified atom stereocenters. The molecule has 0 spiro atoms. The minimum Gasteiger partial charge on any atom is -0.405 e. The van der Waals surface area contributed by atoms with Crippen LogP contribution in [0.25, 0.3) is 0 Å². The van der Waals surface area contributed by atoms with Crippen LogP contribution in [0, 0.1) is 34.5 Å². The van der Waals surface area contributed by atoms with Crippen LogP contribution in [-0.4, -0.2) is 47.9 Å². The zero-order valence-corrected chi connectivity index (χ0v) is 20.5. The van der Waals surface area contributed by atoms with E-state index in [-0.39, 0.29) is 23.7 Å². The Morgan fingerprint density at radius 2 is 1.86 bits per heavy atom. The number of nitrogens with zero attached hydrogens (tertiary/aromatic N) is 4. The minimum atomic E-state index is -4.78. The Balaban J connectivity index is 1.27. The summed E-state index contributed by atoms with van der Waals surface area (Å²) < 4.78 is 42.3. The van der Waals surface area contributed by atoms with E-state index in [1.807, 2.05) is 0 Å². The van der Waals surface area contributed by atoms with E-state index < -0.39 is 6.36 Å². The van der Waals surface area contributed by atoms with E-state index in [9.17, 15) is 18.4 Å². The maximum absolute atomic E-state index is 12.7. The molecule has 4 aliphatic carbocycles. The maximum atomic E-state index is 12.7. The average molecular weight is 501 g/mol. The summed E-state index contributed by atoms with van der Waals surface area (Å²) in [5.41, 5.74) is 0.876. The standard InChI is InChI=1S/C26H31F3N6O/c1-35(2)22-18-7-16-8-19(22)11-25(9-16,10-18)15-33-23-20(12-30)14-32-24(34-23)31-13-17-5-3-4-6-21(17)36-26(27,28)29/h3-6,14,16,18-19,22H,7-11,13,15H2,1-2H3,(H2,31,32,33,34)/t16?,18-,19+,22?,25?. The van der Waals surface area contributed by atoms with Crippen LogP contribution < -0.4 is 15.4 Å². The van der Waals surface area contributed by atoms with Gasteiger partial charge in [0.15, 0.2) is 0 Å². The van der Waals surface area contributed by atoms with Crippen LogP contribution in [-0.2, 0) is 6.54 Å². The van der Waals surface area contributed by atoms with Crippen LogP contribution in [0.1, 0.15) is 43.2 Å². The second-order valence-electron chi connectivity index (χ2n) is 10.9. The summed E-state index contributed by atoms with van der Waals surface area (Å²) in [5, 5.41) is 16.0. The number of nitrogens with one attached hydrogen (secondary N) is 2. The van der Waals surface area contributed by atoms with Gasteiger partial charge in [-0.05, 0) is 75.4 Å². The number of ether oxygens (including phenoxy) is 1. The van der Waals surface area contributed by atoms with Crippen molar-refractivity contribution >= 4 is 11.8 Å². The molecular weight excluding hydrogens is 469 g/mol. The zero-order valence-electron chi connectivity index (χ0n) is 20.5. The highest BCUT2D eigenvalue weighted by molar-refractivity contribution is 5.53. The Morgan fingerprint density at radius 1 is 1.14 bits per heavy atom. The molecule has 4 fully saturated rings. The van der Waals surface area contributed by atoms with Crippen molar-refractivity contribution in [3.63, 3.8) is 0 Å². The molecule has 0 aliphatic heterocycles. The van der Waals surface area contributed by atoms with Crippen molar-refractivity contribution in [2.75, 3.05) is 31.3 Å². The van der Waals surface area contributed by atoms with Gasteiger partial charge in [0.2, 0.25) is 5.95 Å². The number of anilines is 2. The molecule has 1 heterocycles. The number of para-hydroxylation sites is 1. The molecule has 1 aromatic heterocycles. The number of hydrogen-bond donors (Lipinski definition) is 2. The smallest absolute Gasteiger partial charge is 0.405 e. The summed E-state index contributed by atoms with van der Waals surface area (Å²) in [6.07, 6.45) is 2.87. The first-order valence-electron chi connectivity index (χ1n) is 12.4. The van der Waals surface area contributed by atoms with Gasteiger partial charge in [0.1, 0.15) is 23.2 Å². The summed E-state index contributed by atoms with van der Waals surface area (Å²) in [4.78, 5) is 11.1. The molecule has 6 rings (SSSR count). The molecule has 2 N–H and O–H groups in total. The fourth-order valence-electron chi connectivity index (χ4n) is 7.23. The van der Waals surface area contributed by atoms with Crippen LogP contribution in [0.3, 0.4) is 0 Å². The SMILES string of the molecule is CN(C)C1[C@@H]2CC3C[C@H]1CC(CNc1nc(NCc4ccccc4OC(F)(F)F)ncc1C#N)(C3)C2. The predicted octanol–water partition coefficient (Wildman–Crippen LogP) is 5.03. The van der Waals surface area contributed by atoms with Gasteiger partial charge in [0.05, 0.1) is 6.20 Å². The number of aromatic nitrogens is 2. The lowest BCUT2D eigenvalue weighted by molar-refractivity contribution is -0.274. The van der Waals surface area contributed by atoms with E-state index in [1.165, 1.54) is 50.4 Å². The topological polar surface area (TPSA) is 86.1 Å². The first-order valence-corrected chi connectivity index (χ1v) is 12.4. The molecule has 4 saturated carbocycles. The van der Waals surface area contributed by atoms with Crippen LogP contribution in [0.2, 0.25) is 0 Å². The highest BCUT2D eigenvalue weighted by Gasteiger charge is 2.55. The highest BCUT2D eigenvalue weighted by Crippen LogP contribution is 2.60. The van der Waals surface area contributed by atoms with Gasteiger partial charge in [0.25, 0.3) is 0 Å². The fraction of sp³-hybridized carbons (Fsp3) is 0.577. The van der Waals surface area contributed by atoms with Gasteiger partial charge in [0, 0.05) is 24.7 Å². The summed E-state index contributed by atoms with van der Waals surface area (Å²) in [6, 6.07) is 8.74. The predicted molar refractivity (Wildman–Crippen MR) is 129 cm³/mol. The third-order valence-electron chi connectivity index (χ3n) is 8.12. The highest BCUT2D eigenvalue weighted by atomic mass is 19.4. The van der Waals surface area contributed by atoms with E-state index in [2.05, 4.69) is 50.4 Å². The molecule has 36 heavy (non-hydrogen) atoms. The van der Waals surface area contributed by atoms with Gasteiger partial charge in [-0.15, -0.1) is 13.2 Å². The quantitative estimate of drug-likeness (QED) is 0.526. The Hall–Kier alpha value is -3.06. The summed E-state index contributed by atoms with van der Waals surface area (Å²) in [7, 11) is 4.39. The monoisotopic (exact) mass is 500 g/mol. The van der Waals surface area contributed by atoms with Gasteiger partial charge >= 0.3 is 6.36 Å². The van der Waals surface area contributed by atoms with E-state index in [1.54, 1.807) is 12.1 Å². The maximum Gasteiger partial charge on any atom is 0.573 e. The van der Waals surface area contributed by atoms with Crippen molar-refractivity contribution in [1.29, 1.82) is 5.26 Å². The number of benzene rings is 1. The molecule has 0 radical (unpaired) electrons. The second-order valence-corrected chi connectivity index (χ2v) is 10.9. The Morgan fingerprint density at radius 3 is 2.53 bits per heavy atom. The van der Waals surface area contributed by atoms with Crippen molar-refractivity contribution in [2.24, 2.45) is 23.2 Å². The minimum absolute atomic E-state index is 0.0402. The summed E-state index contributed by atoms with van der Waals surface area (Å²) in [6.45, 7) is 0.794. The summed E-state index contributed by atoms with van der Waals surface area (Å²) >= 11 is 0. The van der Waals surface area contributed by atoms with Gasteiger partial charge in [-0.2, -0.15) is 10.2 Å². The second kappa shape index (κ2) is 9.43. The van der Waals surface area contributed by atoms with E-state index in [0.29, 0.717) is 34.8 Å². The molecular formula is C26H31F3N6O. The molecule has 4 bridgehead atoms. The van der Waals surface area contributed by atoms with Crippen molar-refractivity contribution in [3.8, 4) is 11.8 Å². The molecule has 10 heteroatoms. The van der Waals surface area contributed by atoms with Crippen molar-refractivity contribution in [2.45, 2.75) is 51.1 Å². The average Bonchev–Trinajstić information content (AvgIpc) is 2.80. The number of alkyl halides is 3. The van der Waals surface area contributed by atoms with E-state index >= 15 is 0 Å². The molecule has 1 aromatic carbocycles. The Labute approximate surface area is 209 Å². The third kappa shape index (κ3) is 5.07. The third-order valence-corrected chi connectivity index (χ3v) is 8.12. The number of rotatable bonds is 8. The molecule has 2 aromatic rings. The van der Waals surface area contributed by atoms with Crippen molar-refractivity contribution in [1.82, 2.24) is 14.9 Å². The first kappa shape index (κ1) is 24.6. The molecule has 0 saturated heterocycles. The Bertz CT molecular complexity index is 1130. The van der Waals surface area contributed by atoms with Gasteiger partial charge in [-0.25, -0.2) is 4.98 Å². The molecule has 0 amide bonds. The lowest BCUT2D eigenvalue weighted by atomic mass is 9.47. The number of hydrogen-bond acceptors (Lipinski definition) is 7. The van der Waals surface area contributed by atoms with Gasteiger partial charge < -0.3 is 20.3 Å². The van der Waals surface area contributed by atoms with Gasteiger partial charge in [-0.1, -0.05) is 18.2 Å². The van der Waals surface area contributed by atoms with Crippen molar-refractivity contribution < 1.29 is 17.9 Å². The normalized spacial score (nSPS) is 28.7. The van der Waals surface area contributed by atoms with E-state index in [4.69, 9.17) is 0 Å². The first-order chi connectivity index (χ1) is 17.1. The van der Waals surface area contributed by atoms with Crippen LogP contribution in [0.4, 0.5) is 24.9 Å². The fourth-order valence-corrected chi connectivity index (χ4v) is 7.23. The molecule has 5 atom stereocenters. The Kier molecular flexibility index (Phi) is 6.45. The van der Waals surface area contributed by atoms with Crippen LogP contribution >= 0.6 is 0 Å². The van der Waals surface area contributed by atoms with Gasteiger partial charge in [-0.3, -0.25) is 0 Å². The lowest BCUT2D eigenvalue weighted by Crippen LogP contribution is -2.59. The van der Waals surface area contributed by atoms with Crippen LogP contribution in [0.15, 0.2) is 30.5 Å². The molecule has 7 nitrogen and oxygen atoms in total.